The Morgan fingerprint density at radius 1 is 1.46 bits per heavy atom. The molecule has 66 valence electrons. The van der Waals surface area contributed by atoms with Gasteiger partial charge in [0.2, 0.25) is 17.3 Å². The summed E-state index contributed by atoms with van der Waals surface area (Å²) in [4.78, 5) is 17.3. The van der Waals surface area contributed by atoms with Gasteiger partial charge in [-0.1, -0.05) is 5.16 Å². The van der Waals surface area contributed by atoms with Gasteiger partial charge >= 0.3 is 0 Å². The number of hydrogen-bond acceptors (Lipinski definition) is 4. The number of aryl methyl sites for hydroxylation is 1. The zero-order chi connectivity index (χ0) is 9.26. The fraction of sp³-hybridized carbons (Fsp3) is 0.125. The fourth-order valence-electron chi connectivity index (χ4n) is 0.966. The number of nitrogens with one attached hydrogen (secondary N) is 1. The van der Waals surface area contributed by atoms with E-state index < -0.39 is 0 Å². The molecule has 2 aromatic rings. The van der Waals surface area contributed by atoms with Crippen molar-refractivity contribution in [2.24, 2.45) is 0 Å². The molecular weight excluding hydrogens is 170 g/mol. The van der Waals surface area contributed by atoms with Crippen molar-refractivity contribution in [3.05, 3.63) is 34.6 Å². The Morgan fingerprint density at radius 2 is 2.31 bits per heavy atom. The van der Waals surface area contributed by atoms with Crippen molar-refractivity contribution in [2.45, 2.75) is 6.92 Å². The number of aromatic amines is 1. The molecular formula is C8H7N3O2. The van der Waals surface area contributed by atoms with Gasteiger partial charge < -0.3 is 9.51 Å². The Morgan fingerprint density at radius 3 is 2.85 bits per heavy atom. The number of pyridine rings is 1. The normalized spacial score (nSPS) is 10.2. The van der Waals surface area contributed by atoms with Crippen LogP contribution in [0.5, 0.6) is 0 Å². The second kappa shape index (κ2) is 2.85. The van der Waals surface area contributed by atoms with Crippen LogP contribution in [-0.2, 0) is 0 Å². The number of rotatable bonds is 1. The van der Waals surface area contributed by atoms with E-state index in [1.807, 2.05) is 0 Å². The molecule has 2 aromatic heterocycles. The molecule has 2 rings (SSSR count). The lowest BCUT2D eigenvalue weighted by Crippen LogP contribution is -2.01. The van der Waals surface area contributed by atoms with E-state index >= 15 is 0 Å². The summed E-state index contributed by atoms with van der Waals surface area (Å²) in [5, 5.41) is 3.71. The molecule has 0 fully saturated rings. The third-order valence-electron chi connectivity index (χ3n) is 1.57. The topological polar surface area (TPSA) is 71.8 Å². The first-order valence-electron chi connectivity index (χ1n) is 3.75. The van der Waals surface area contributed by atoms with E-state index in [1.165, 1.54) is 6.07 Å². The Kier molecular flexibility index (Phi) is 1.70. The van der Waals surface area contributed by atoms with Gasteiger partial charge in [-0.2, -0.15) is 4.98 Å². The third-order valence-corrected chi connectivity index (χ3v) is 1.57. The van der Waals surface area contributed by atoms with Crippen LogP contribution < -0.4 is 5.56 Å². The maximum Gasteiger partial charge on any atom is 0.247 e. The maximum atomic E-state index is 10.7. The van der Waals surface area contributed by atoms with Gasteiger partial charge in [-0.15, -0.1) is 0 Å². The highest BCUT2D eigenvalue weighted by Gasteiger charge is 2.04. The molecule has 0 unspecified atom stereocenters. The van der Waals surface area contributed by atoms with Crippen LogP contribution in [0, 0.1) is 6.92 Å². The monoisotopic (exact) mass is 177 g/mol. The molecule has 0 atom stereocenters. The standard InChI is InChI=1S/C8H7N3O2/c1-5-10-8(11-13-5)6-2-3-7(12)9-4-6/h2-4H,1H3,(H,9,12). The lowest BCUT2D eigenvalue weighted by molar-refractivity contribution is 0.394. The number of nitrogens with zero attached hydrogens (tertiary/aromatic N) is 2. The Balaban J connectivity index is 2.47. The fourth-order valence-corrected chi connectivity index (χ4v) is 0.966. The van der Waals surface area contributed by atoms with E-state index in [1.54, 1.807) is 19.2 Å². The summed E-state index contributed by atoms with van der Waals surface area (Å²) in [5.74, 6) is 0.981. The number of aromatic nitrogens is 3. The van der Waals surface area contributed by atoms with Gasteiger partial charge in [-0.25, -0.2) is 0 Å². The maximum absolute atomic E-state index is 10.7. The van der Waals surface area contributed by atoms with Crippen LogP contribution in [0.1, 0.15) is 5.89 Å². The van der Waals surface area contributed by atoms with Crippen molar-refractivity contribution in [1.82, 2.24) is 15.1 Å². The van der Waals surface area contributed by atoms with E-state index in [4.69, 9.17) is 4.52 Å². The second-order valence-corrected chi connectivity index (χ2v) is 2.58. The van der Waals surface area contributed by atoms with Crippen molar-refractivity contribution >= 4 is 0 Å². The molecule has 0 amide bonds. The average Bonchev–Trinajstić information content (AvgIpc) is 2.53. The second-order valence-electron chi connectivity index (χ2n) is 2.58. The molecule has 0 spiro atoms. The van der Waals surface area contributed by atoms with Crippen LogP contribution in [0.15, 0.2) is 27.6 Å². The van der Waals surface area contributed by atoms with Crippen LogP contribution in [-0.4, -0.2) is 15.1 Å². The highest BCUT2D eigenvalue weighted by molar-refractivity contribution is 5.51. The predicted molar refractivity (Wildman–Crippen MR) is 45.1 cm³/mol. The quantitative estimate of drug-likeness (QED) is 0.697. The molecule has 0 aromatic carbocycles. The van der Waals surface area contributed by atoms with Crippen LogP contribution in [0.2, 0.25) is 0 Å². The highest BCUT2D eigenvalue weighted by Crippen LogP contribution is 2.11. The van der Waals surface area contributed by atoms with Gasteiger partial charge in [0.15, 0.2) is 0 Å². The molecule has 5 nitrogen and oxygen atoms in total. The molecule has 1 N–H and O–H groups in total. The van der Waals surface area contributed by atoms with Crippen LogP contribution >= 0.6 is 0 Å². The molecule has 5 heteroatoms. The van der Waals surface area contributed by atoms with Crippen LogP contribution in [0.4, 0.5) is 0 Å². The minimum absolute atomic E-state index is 0.149. The predicted octanol–water partition coefficient (Wildman–Crippen LogP) is 0.733. The lowest BCUT2D eigenvalue weighted by Gasteiger charge is -1.89. The Hall–Kier alpha value is -1.91. The summed E-state index contributed by atoms with van der Waals surface area (Å²) >= 11 is 0. The zero-order valence-electron chi connectivity index (χ0n) is 6.94. The molecule has 0 saturated carbocycles. The first kappa shape index (κ1) is 7.72. The van der Waals surface area contributed by atoms with Gasteiger partial charge in [0.1, 0.15) is 0 Å². The minimum Gasteiger partial charge on any atom is -0.339 e. The van der Waals surface area contributed by atoms with Crippen molar-refractivity contribution in [1.29, 1.82) is 0 Å². The van der Waals surface area contributed by atoms with E-state index in [9.17, 15) is 4.79 Å². The zero-order valence-corrected chi connectivity index (χ0v) is 6.94. The summed E-state index contributed by atoms with van der Waals surface area (Å²) in [5.41, 5.74) is 0.584. The first-order chi connectivity index (χ1) is 6.25. The summed E-state index contributed by atoms with van der Waals surface area (Å²) in [6.45, 7) is 1.71. The summed E-state index contributed by atoms with van der Waals surface area (Å²) in [7, 11) is 0. The van der Waals surface area contributed by atoms with Crippen molar-refractivity contribution in [3.63, 3.8) is 0 Å². The smallest absolute Gasteiger partial charge is 0.247 e. The minimum atomic E-state index is -0.149. The van der Waals surface area contributed by atoms with E-state index in [0.717, 1.165) is 5.56 Å². The first-order valence-corrected chi connectivity index (χ1v) is 3.75. The summed E-state index contributed by atoms with van der Waals surface area (Å²) in [6, 6.07) is 3.06. The largest absolute Gasteiger partial charge is 0.339 e. The Labute approximate surface area is 73.4 Å². The van der Waals surface area contributed by atoms with Crippen molar-refractivity contribution in [3.8, 4) is 11.4 Å². The highest BCUT2D eigenvalue weighted by atomic mass is 16.5. The van der Waals surface area contributed by atoms with Gasteiger partial charge in [0, 0.05) is 24.8 Å². The Bertz CT molecular complexity index is 452. The van der Waals surface area contributed by atoms with Crippen LogP contribution in [0.25, 0.3) is 11.4 Å². The molecule has 2 heterocycles. The molecule has 0 aliphatic heterocycles. The average molecular weight is 177 g/mol. The molecule has 0 aliphatic carbocycles. The van der Waals surface area contributed by atoms with Gasteiger partial charge in [-0.05, 0) is 6.07 Å². The van der Waals surface area contributed by atoms with Gasteiger partial charge in [0.05, 0.1) is 0 Å². The molecule has 13 heavy (non-hydrogen) atoms. The molecule has 0 aliphatic rings. The molecule has 0 radical (unpaired) electrons. The number of hydrogen-bond donors (Lipinski definition) is 1. The lowest BCUT2D eigenvalue weighted by atomic mass is 10.3. The van der Waals surface area contributed by atoms with Gasteiger partial charge in [0.25, 0.3) is 0 Å². The SMILES string of the molecule is Cc1nc(-c2ccc(=O)[nH]c2)no1. The van der Waals surface area contributed by atoms with Crippen molar-refractivity contribution < 1.29 is 4.52 Å². The van der Waals surface area contributed by atoms with Crippen LogP contribution in [0.3, 0.4) is 0 Å². The van der Waals surface area contributed by atoms with E-state index in [0.29, 0.717) is 11.7 Å². The molecule has 0 saturated heterocycles. The summed E-state index contributed by atoms with van der Waals surface area (Å²) in [6.07, 6.45) is 1.55. The van der Waals surface area contributed by atoms with E-state index in [2.05, 4.69) is 15.1 Å². The number of H-pyrrole nitrogens is 1. The van der Waals surface area contributed by atoms with Crippen molar-refractivity contribution in [2.75, 3.05) is 0 Å². The summed E-state index contributed by atoms with van der Waals surface area (Å²) < 4.78 is 4.80. The third kappa shape index (κ3) is 1.48. The molecule has 0 bridgehead atoms. The van der Waals surface area contributed by atoms with Gasteiger partial charge in [-0.3, -0.25) is 4.79 Å². The van der Waals surface area contributed by atoms with E-state index in [-0.39, 0.29) is 5.56 Å².